The molecule has 2 N–H and O–H groups in total. The van der Waals surface area contributed by atoms with Gasteiger partial charge in [-0.1, -0.05) is 12.1 Å². The first-order valence-corrected chi connectivity index (χ1v) is 10.6. The second-order valence-corrected chi connectivity index (χ2v) is 8.40. The van der Waals surface area contributed by atoms with E-state index < -0.39 is 15.9 Å². The highest BCUT2D eigenvalue weighted by Crippen LogP contribution is 2.30. The van der Waals surface area contributed by atoms with Crippen LogP contribution >= 0.6 is 0 Å². The fourth-order valence-electron chi connectivity index (χ4n) is 3.19. The van der Waals surface area contributed by atoms with Gasteiger partial charge in [-0.05, 0) is 63.1 Å². The first-order chi connectivity index (χ1) is 13.4. The molecule has 2 aromatic rings. The SMILES string of the molecule is CNS(=O)(=O)c1cc(C(=O)Nc2ccccc2OC2CCCC2)ccc1OC. The topological polar surface area (TPSA) is 93.7 Å². The summed E-state index contributed by atoms with van der Waals surface area (Å²) in [5.74, 6) is 0.341. The summed E-state index contributed by atoms with van der Waals surface area (Å²) in [6.45, 7) is 0. The van der Waals surface area contributed by atoms with Gasteiger partial charge >= 0.3 is 0 Å². The summed E-state index contributed by atoms with van der Waals surface area (Å²) in [6.07, 6.45) is 4.46. The minimum Gasteiger partial charge on any atom is -0.495 e. The second kappa shape index (κ2) is 8.62. The van der Waals surface area contributed by atoms with Gasteiger partial charge in [0.15, 0.2) is 0 Å². The fraction of sp³-hybridized carbons (Fsp3) is 0.350. The van der Waals surface area contributed by atoms with Gasteiger partial charge in [-0.25, -0.2) is 13.1 Å². The van der Waals surface area contributed by atoms with E-state index in [-0.39, 0.29) is 22.3 Å². The highest BCUT2D eigenvalue weighted by Gasteiger charge is 2.22. The van der Waals surface area contributed by atoms with E-state index in [9.17, 15) is 13.2 Å². The number of amides is 1. The number of hydrogen-bond acceptors (Lipinski definition) is 5. The van der Waals surface area contributed by atoms with E-state index in [0.717, 1.165) is 25.7 Å². The molecule has 1 fully saturated rings. The maximum atomic E-state index is 12.7. The Bertz CT molecular complexity index is 953. The lowest BCUT2D eigenvalue weighted by molar-refractivity contribution is 0.102. The number of carbonyl (C=O) groups is 1. The Morgan fingerprint density at radius 1 is 1.07 bits per heavy atom. The summed E-state index contributed by atoms with van der Waals surface area (Å²) in [4.78, 5) is 12.7. The summed E-state index contributed by atoms with van der Waals surface area (Å²) in [6, 6.07) is 11.5. The van der Waals surface area contributed by atoms with Crippen molar-refractivity contribution in [2.24, 2.45) is 0 Å². The Labute approximate surface area is 165 Å². The minimum atomic E-state index is -3.77. The van der Waals surface area contributed by atoms with Crippen LogP contribution in [0.5, 0.6) is 11.5 Å². The molecule has 1 saturated carbocycles. The van der Waals surface area contributed by atoms with E-state index in [0.29, 0.717) is 11.4 Å². The van der Waals surface area contributed by atoms with Crippen LogP contribution in [0.1, 0.15) is 36.0 Å². The van der Waals surface area contributed by atoms with E-state index in [2.05, 4.69) is 10.0 Å². The summed E-state index contributed by atoms with van der Waals surface area (Å²) in [5, 5.41) is 2.81. The van der Waals surface area contributed by atoms with Crippen LogP contribution in [0.2, 0.25) is 0 Å². The number of benzene rings is 2. The van der Waals surface area contributed by atoms with Gasteiger partial charge in [0, 0.05) is 5.56 Å². The Morgan fingerprint density at radius 3 is 2.46 bits per heavy atom. The molecule has 150 valence electrons. The average Bonchev–Trinajstić information content (AvgIpc) is 3.22. The van der Waals surface area contributed by atoms with Gasteiger partial charge < -0.3 is 14.8 Å². The number of anilines is 1. The standard InChI is InChI=1S/C20H24N2O5S/c1-21-28(24,25)19-13-14(11-12-18(19)26-2)20(23)22-16-9-5-6-10-17(16)27-15-7-3-4-8-15/h5-6,9-13,15,21H,3-4,7-8H2,1-2H3,(H,22,23). The van der Waals surface area contributed by atoms with Crippen LogP contribution in [0.3, 0.4) is 0 Å². The number of methoxy groups -OCH3 is 1. The van der Waals surface area contributed by atoms with Crippen molar-refractivity contribution in [3.05, 3.63) is 48.0 Å². The molecule has 1 amide bonds. The number of hydrogen-bond donors (Lipinski definition) is 2. The van der Waals surface area contributed by atoms with Gasteiger partial charge in [0.25, 0.3) is 5.91 Å². The normalized spacial score (nSPS) is 14.6. The number of ether oxygens (including phenoxy) is 2. The molecule has 1 aliphatic rings. The van der Waals surface area contributed by atoms with Crippen molar-refractivity contribution in [1.29, 1.82) is 0 Å². The largest absolute Gasteiger partial charge is 0.495 e. The predicted molar refractivity (Wildman–Crippen MR) is 107 cm³/mol. The monoisotopic (exact) mass is 404 g/mol. The molecule has 8 heteroatoms. The molecule has 0 saturated heterocycles. The predicted octanol–water partition coefficient (Wildman–Crippen LogP) is 3.18. The first kappa shape index (κ1) is 20.2. The smallest absolute Gasteiger partial charge is 0.255 e. The molecular weight excluding hydrogens is 380 g/mol. The van der Waals surface area contributed by atoms with Gasteiger partial charge in [-0.2, -0.15) is 0 Å². The molecule has 1 aliphatic carbocycles. The van der Waals surface area contributed by atoms with Crippen LogP contribution in [0.15, 0.2) is 47.4 Å². The molecule has 0 heterocycles. The van der Waals surface area contributed by atoms with Crippen LogP contribution < -0.4 is 19.5 Å². The maximum Gasteiger partial charge on any atom is 0.255 e. The minimum absolute atomic E-state index is 0.0966. The molecule has 3 rings (SSSR count). The van der Waals surface area contributed by atoms with Gasteiger partial charge in [0.1, 0.15) is 16.4 Å². The van der Waals surface area contributed by atoms with E-state index in [4.69, 9.17) is 9.47 Å². The zero-order chi connectivity index (χ0) is 20.1. The van der Waals surface area contributed by atoms with Crippen molar-refractivity contribution < 1.29 is 22.7 Å². The molecule has 0 aromatic heterocycles. The van der Waals surface area contributed by atoms with Crippen LogP contribution in [-0.4, -0.2) is 34.6 Å². The van der Waals surface area contributed by atoms with Crippen LogP contribution in [0.4, 0.5) is 5.69 Å². The van der Waals surface area contributed by atoms with E-state index in [1.165, 1.54) is 32.4 Å². The van der Waals surface area contributed by atoms with Gasteiger partial charge in [-0.3, -0.25) is 4.79 Å². The van der Waals surface area contributed by atoms with Gasteiger partial charge in [-0.15, -0.1) is 0 Å². The Morgan fingerprint density at radius 2 is 1.79 bits per heavy atom. The Balaban J connectivity index is 1.85. The highest BCUT2D eigenvalue weighted by atomic mass is 32.2. The van der Waals surface area contributed by atoms with Gasteiger partial charge in [0.05, 0.1) is 18.9 Å². The second-order valence-electron chi connectivity index (χ2n) is 6.55. The quantitative estimate of drug-likeness (QED) is 0.739. The molecule has 0 radical (unpaired) electrons. The Hall–Kier alpha value is -2.58. The van der Waals surface area contributed by atoms with E-state index >= 15 is 0 Å². The lowest BCUT2D eigenvalue weighted by Gasteiger charge is -2.17. The zero-order valence-corrected chi connectivity index (χ0v) is 16.7. The first-order valence-electron chi connectivity index (χ1n) is 9.13. The molecule has 28 heavy (non-hydrogen) atoms. The third kappa shape index (κ3) is 4.45. The van der Waals surface area contributed by atoms with Crippen molar-refractivity contribution in [1.82, 2.24) is 4.72 Å². The summed E-state index contributed by atoms with van der Waals surface area (Å²) in [7, 11) is -1.09. The van der Waals surface area contributed by atoms with E-state index in [1.54, 1.807) is 6.07 Å². The van der Waals surface area contributed by atoms with E-state index in [1.807, 2.05) is 18.2 Å². The lowest BCUT2D eigenvalue weighted by Crippen LogP contribution is -2.21. The molecule has 0 bridgehead atoms. The van der Waals surface area contributed by atoms with Crippen molar-refractivity contribution in [3.8, 4) is 11.5 Å². The van der Waals surface area contributed by atoms with Gasteiger partial charge in [0.2, 0.25) is 10.0 Å². The number of nitrogens with one attached hydrogen (secondary N) is 2. The summed E-state index contributed by atoms with van der Waals surface area (Å²) in [5.41, 5.74) is 0.749. The van der Waals surface area contributed by atoms with Crippen molar-refractivity contribution in [2.75, 3.05) is 19.5 Å². The van der Waals surface area contributed by atoms with Crippen molar-refractivity contribution >= 4 is 21.6 Å². The molecule has 0 atom stereocenters. The summed E-state index contributed by atoms with van der Waals surface area (Å²) < 4.78 is 37.8. The molecule has 7 nitrogen and oxygen atoms in total. The number of rotatable bonds is 7. The molecular formula is C20H24N2O5S. The third-order valence-electron chi connectivity index (χ3n) is 4.72. The van der Waals surface area contributed by atoms with Crippen LogP contribution in [0.25, 0.3) is 0 Å². The number of carbonyl (C=O) groups excluding carboxylic acids is 1. The van der Waals surface area contributed by atoms with Crippen molar-refractivity contribution in [3.63, 3.8) is 0 Å². The fourth-order valence-corrected chi connectivity index (χ4v) is 4.11. The maximum absolute atomic E-state index is 12.7. The third-order valence-corrected chi connectivity index (χ3v) is 6.15. The van der Waals surface area contributed by atoms with Crippen molar-refractivity contribution in [2.45, 2.75) is 36.7 Å². The molecule has 0 unspecified atom stereocenters. The number of para-hydroxylation sites is 2. The molecule has 0 spiro atoms. The van der Waals surface area contributed by atoms with Crippen LogP contribution in [0, 0.1) is 0 Å². The molecule has 2 aromatic carbocycles. The molecule has 0 aliphatic heterocycles. The lowest BCUT2D eigenvalue weighted by atomic mass is 10.2. The highest BCUT2D eigenvalue weighted by molar-refractivity contribution is 7.89. The number of sulfonamides is 1. The average molecular weight is 404 g/mol. The van der Waals surface area contributed by atoms with Crippen LogP contribution in [-0.2, 0) is 10.0 Å². The Kier molecular flexibility index (Phi) is 6.21. The summed E-state index contributed by atoms with van der Waals surface area (Å²) >= 11 is 0. The zero-order valence-electron chi connectivity index (χ0n) is 15.9.